The first kappa shape index (κ1) is 18.9. The van der Waals surface area contributed by atoms with Crippen molar-refractivity contribution in [2.45, 2.75) is 25.2 Å². The molecule has 6 heteroatoms. The number of nitrogens with one attached hydrogen (secondary N) is 1. The van der Waals surface area contributed by atoms with E-state index in [0.29, 0.717) is 13.2 Å². The highest BCUT2D eigenvalue weighted by Gasteiger charge is 2.28. The largest absolute Gasteiger partial charge is 0.496 e. The van der Waals surface area contributed by atoms with Gasteiger partial charge in [-0.2, -0.15) is 11.8 Å². The molecule has 1 aliphatic heterocycles. The molecule has 0 spiro atoms. The molecule has 0 saturated carbocycles. The molecule has 1 saturated heterocycles. The third-order valence-electron chi connectivity index (χ3n) is 3.92. The molecule has 0 radical (unpaired) electrons. The standard InChI is InChI=1S/C18H29N3O2S/c1-18(2)14-21(10-12-24-18)17(19-3)20-9-11-23-13-15-7-5-6-8-16(15)22-4/h5-8H,9-14H2,1-4H3,(H,19,20). The van der Waals surface area contributed by atoms with Crippen LogP contribution in [0.2, 0.25) is 0 Å². The molecule has 1 heterocycles. The fourth-order valence-electron chi connectivity index (χ4n) is 2.77. The maximum Gasteiger partial charge on any atom is 0.193 e. The lowest BCUT2D eigenvalue weighted by molar-refractivity contribution is 0.123. The summed E-state index contributed by atoms with van der Waals surface area (Å²) >= 11 is 2.02. The molecule has 134 valence electrons. The maximum absolute atomic E-state index is 5.77. The zero-order valence-electron chi connectivity index (χ0n) is 15.2. The molecule has 0 aromatic heterocycles. The molecule has 1 N–H and O–H groups in total. The third kappa shape index (κ3) is 5.60. The number of hydrogen-bond acceptors (Lipinski definition) is 4. The van der Waals surface area contributed by atoms with Gasteiger partial charge in [-0.05, 0) is 19.9 Å². The van der Waals surface area contributed by atoms with Crippen molar-refractivity contribution in [3.05, 3.63) is 29.8 Å². The minimum atomic E-state index is 0.274. The molecule has 2 rings (SSSR count). The molecule has 5 nitrogen and oxygen atoms in total. The molecule has 0 bridgehead atoms. The van der Waals surface area contributed by atoms with Crippen molar-refractivity contribution in [2.24, 2.45) is 4.99 Å². The van der Waals surface area contributed by atoms with Crippen molar-refractivity contribution in [3.63, 3.8) is 0 Å². The van der Waals surface area contributed by atoms with Crippen LogP contribution in [-0.4, -0.2) is 61.8 Å². The van der Waals surface area contributed by atoms with Crippen molar-refractivity contribution in [1.82, 2.24) is 10.2 Å². The first-order valence-corrected chi connectivity index (χ1v) is 9.33. The number of thioether (sulfide) groups is 1. The van der Waals surface area contributed by atoms with Gasteiger partial charge in [-0.15, -0.1) is 0 Å². The van der Waals surface area contributed by atoms with Gasteiger partial charge in [0, 0.05) is 42.7 Å². The van der Waals surface area contributed by atoms with E-state index in [1.807, 2.05) is 43.1 Å². The lowest BCUT2D eigenvalue weighted by Gasteiger charge is -2.39. The Morgan fingerprint density at radius 1 is 1.38 bits per heavy atom. The van der Waals surface area contributed by atoms with Crippen LogP contribution in [0.5, 0.6) is 5.75 Å². The van der Waals surface area contributed by atoms with Gasteiger partial charge in [0.25, 0.3) is 0 Å². The van der Waals surface area contributed by atoms with Crippen LogP contribution in [0, 0.1) is 0 Å². The highest BCUT2D eigenvalue weighted by Crippen LogP contribution is 2.29. The Labute approximate surface area is 149 Å². The molecule has 1 aromatic carbocycles. The SMILES string of the molecule is CN=C(NCCOCc1ccccc1OC)N1CCSC(C)(C)C1. The van der Waals surface area contributed by atoms with Crippen molar-refractivity contribution in [1.29, 1.82) is 0 Å². The van der Waals surface area contributed by atoms with E-state index in [1.165, 1.54) is 0 Å². The summed E-state index contributed by atoms with van der Waals surface area (Å²) in [6, 6.07) is 7.94. The Bertz CT molecular complexity index is 549. The summed E-state index contributed by atoms with van der Waals surface area (Å²) < 4.78 is 11.4. The number of guanidine groups is 1. The van der Waals surface area contributed by atoms with Crippen LogP contribution in [0.1, 0.15) is 19.4 Å². The fraction of sp³-hybridized carbons (Fsp3) is 0.611. The monoisotopic (exact) mass is 351 g/mol. The van der Waals surface area contributed by atoms with E-state index >= 15 is 0 Å². The molecule has 0 atom stereocenters. The van der Waals surface area contributed by atoms with E-state index in [4.69, 9.17) is 9.47 Å². The predicted molar refractivity (Wildman–Crippen MR) is 102 cm³/mol. The molecule has 1 aliphatic rings. The van der Waals surface area contributed by atoms with Crippen LogP contribution in [0.25, 0.3) is 0 Å². The zero-order valence-corrected chi connectivity index (χ0v) is 16.0. The number of nitrogens with zero attached hydrogens (tertiary/aromatic N) is 2. The topological polar surface area (TPSA) is 46.1 Å². The van der Waals surface area contributed by atoms with Crippen molar-refractivity contribution < 1.29 is 9.47 Å². The van der Waals surface area contributed by atoms with E-state index < -0.39 is 0 Å². The molecular formula is C18H29N3O2S. The lowest BCUT2D eigenvalue weighted by atomic mass is 10.2. The van der Waals surface area contributed by atoms with Crippen LogP contribution in [0.15, 0.2) is 29.3 Å². The Hall–Kier alpha value is -1.40. The first-order valence-electron chi connectivity index (χ1n) is 8.35. The van der Waals surface area contributed by atoms with E-state index in [-0.39, 0.29) is 4.75 Å². The number of benzene rings is 1. The number of rotatable bonds is 6. The van der Waals surface area contributed by atoms with Crippen LogP contribution in [-0.2, 0) is 11.3 Å². The van der Waals surface area contributed by atoms with Crippen LogP contribution >= 0.6 is 11.8 Å². The van der Waals surface area contributed by atoms with Gasteiger partial charge in [-0.1, -0.05) is 18.2 Å². The van der Waals surface area contributed by atoms with Crippen LogP contribution in [0.3, 0.4) is 0 Å². The Morgan fingerprint density at radius 2 is 2.17 bits per heavy atom. The third-order valence-corrected chi connectivity index (χ3v) is 5.21. The molecule has 1 aromatic rings. The van der Waals surface area contributed by atoms with Crippen molar-refractivity contribution in [2.75, 3.05) is 46.2 Å². The highest BCUT2D eigenvalue weighted by atomic mass is 32.2. The summed E-state index contributed by atoms with van der Waals surface area (Å²) in [5.74, 6) is 2.97. The number of methoxy groups -OCH3 is 1. The minimum Gasteiger partial charge on any atom is -0.496 e. The van der Waals surface area contributed by atoms with Gasteiger partial charge >= 0.3 is 0 Å². The molecule has 0 amide bonds. The number of ether oxygens (including phenoxy) is 2. The molecule has 1 fully saturated rings. The quantitative estimate of drug-likeness (QED) is 0.485. The van der Waals surface area contributed by atoms with Gasteiger partial charge in [-0.25, -0.2) is 0 Å². The van der Waals surface area contributed by atoms with Gasteiger partial charge in [0.2, 0.25) is 0 Å². The van der Waals surface area contributed by atoms with Crippen LogP contribution < -0.4 is 10.1 Å². The number of aliphatic imine (C=N–C) groups is 1. The van der Waals surface area contributed by atoms with Crippen LogP contribution in [0.4, 0.5) is 0 Å². The zero-order chi connectivity index (χ0) is 17.4. The summed E-state index contributed by atoms with van der Waals surface area (Å²) in [4.78, 5) is 6.74. The predicted octanol–water partition coefficient (Wildman–Crippen LogP) is 2.61. The van der Waals surface area contributed by atoms with E-state index in [1.54, 1.807) is 7.11 Å². The smallest absolute Gasteiger partial charge is 0.193 e. The Balaban J connectivity index is 1.73. The van der Waals surface area contributed by atoms with Gasteiger partial charge in [0.05, 0.1) is 20.3 Å². The average Bonchev–Trinajstić information content (AvgIpc) is 2.57. The van der Waals surface area contributed by atoms with Crippen molar-refractivity contribution in [3.8, 4) is 5.75 Å². The van der Waals surface area contributed by atoms with Gasteiger partial charge in [0.1, 0.15) is 5.75 Å². The van der Waals surface area contributed by atoms with E-state index in [9.17, 15) is 0 Å². The second-order valence-electron chi connectivity index (χ2n) is 6.37. The Morgan fingerprint density at radius 3 is 2.88 bits per heavy atom. The molecular weight excluding hydrogens is 322 g/mol. The second kappa shape index (κ2) is 9.18. The van der Waals surface area contributed by atoms with E-state index in [2.05, 4.69) is 29.1 Å². The van der Waals surface area contributed by atoms with Gasteiger partial charge < -0.3 is 19.7 Å². The normalized spacial score (nSPS) is 17.7. The lowest BCUT2D eigenvalue weighted by Crippen LogP contribution is -2.51. The number of hydrogen-bond donors (Lipinski definition) is 1. The summed E-state index contributed by atoms with van der Waals surface area (Å²) in [5.41, 5.74) is 1.07. The Kier molecular flexibility index (Phi) is 7.24. The van der Waals surface area contributed by atoms with Gasteiger partial charge in [-0.3, -0.25) is 4.99 Å². The summed E-state index contributed by atoms with van der Waals surface area (Å²) in [6.07, 6.45) is 0. The van der Waals surface area contributed by atoms with Gasteiger partial charge in [0.15, 0.2) is 5.96 Å². The fourth-order valence-corrected chi connectivity index (χ4v) is 3.88. The molecule has 0 aliphatic carbocycles. The van der Waals surface area contributed by atoms with E-state index in [0.717, 1.165) is 42.7 Å². The first-order chi connectivity index (χ1) is 11.6. The average molecular weight is 352 g/mol. The summed E-state index contributed by atoms with van der Waals surface area (Å²) in [5, 5.41) is 3.40. The summed E-state index contributed by atoms with van der Waals surface area (Å²) in [6.45, 7) is 8.54. The number of para-hydroxylation sites is 1. The minimum absolute atomic E-state index is 0.274. The van der Waals surface area contributed by atoms with Crippen molar-refractivity contribution >= 4 is 17.7 Å². The second-order valence-corrected chi connectivity index (χ2v) is 8.17. The summed E-state index contributed by atoms with van der Waals surface area (Å²) in [7, 11) is 3.52. The molecule has 0 unspecified atom stereocenters. The maximum atomic E-state index is 5.77. The molecule has 24 heavy (non-hydrogen) atoms. The highest BCUT2D eigenvalue weighted by molar-refractivity contribution is 8.00.